The van der Waals surface area contributed by atoms with Gasteiger partial charge in [-0.3, -0.25) is 4.57 Å². The minimum absolute atomic E-state index is 0.625. The molecule has 4 nitrogen and oxygen atoms in total. The van der Waals surface area contributed by atoms with Crippen LogP contribution in [0, 0.1) is 28.1 Å². The maximum atomic E-state index is 14.3. The zero-order valence-electron chi connectivity index (χ0n) is 15.5. The van der Waals surface area contributed by atoms with E-state index in [0.717, 1.165) is 5.56 Å². The lowest BCUT2D eigenvalue weighted by Crippen LogP contribution is -2.38. The normalized spacial score (nSPS) is 12.5. The molecule has 3 aromatic carbocycles. The van der Waals surface area contributed by atoms with Crippen LogP contribution in [0.2, 0.25) is 0 Å². The molecule has 0 aliphatic rings. The van der Waals surface area contributed by atoms with Crippen molar-refractivity contribution in [2.24, 2.45) is 5.41 Å². The summed E-state index contributed by atoms with van der Waals surface area (Å²) in [6, 6.07) is 31.0. The van der Waals surface area contributed by atoms with Gasteiger partial charge in [0.1, 0.15) is 0 Å². The molecule has 28 heavy (non-hydrogen) atoms. The van der Waals surface area contributed by atoms with Gasteiger partial charge >= 0.3 is 0 Å². The molecule has 0 aliphatic carbocycles. The molecule has 0 saturated carbocycles. The second-order valence-corrected chi connectivity index (χ2v) is 9.19. The SMILES string of the molecule is CC(C#N)(C#N)C(NP(=O)(c1ccccc1)c1ccccc1)c1ccccc1. The predicted molar refractivity (Wildman–Crippen MR) is 111 cm³/mol. The minimum atomic E-state index is -3.32. The molecule has 5 heteroatoms. The average molecular weight is 385 g/mol. The van der Waals surface area contributed by atoms with E-state index in [-0.39, 0.29) is 0 Å². The quantitative estimate of drug-likeness (QED) is 0.642. The first-order valence-electron chi connectivity index (χ1n) is 8.90. The van der Waals surface area contributed by atoms with E-state index in [1.165, 1.54) is 0 Å². The molecular weight excluding hydrogens is 365 g/mol. The van der Waals surface area contributed by atoms with E-state index in [4.69, 9.17) is 0 Å². The van der Waals surface area contributed by atoms with Crippen LogP contribution in [0.15, 0.2) is 91.0 Å². The summed E-state index contributed by atoms with van der Waals surface area (Å²) in [5.74, 6) is 0. The Morgan fingerprint density at radius 1 is 0.786 bits per heavy atom. The van der Waals surface area contributed by atoms with Crippen LogP contribution in [0.4, 0.5) is 0 Å². The van der Waals surface area contributed by atoms with Gasteiger partial charge in [0, 0.05) is 10.6 Å². The number of benzene rings is 3. The van der Waals surface area contributed by atoms with Crippen LogP contribution in [0.5, 0.6) is 0 Å². The van der Waals surface area contributed by atoms with Crippen LogP contribution in [-0.4, -0.2) is 0 Å². The summed E-state index contributed by atoms with van der Waals surface area (Å²) in [5.41, 5.74) is -0.666. The van der Waals surface area contributed by atoms with Gasteiger partial charge in [0.15, 0.2) is 5.41 Å². The highest BCUT2D eigenvalue weighted by molar-refractivity contribution is 7.76. The summed E-state index contributed by atoms with van der Waals surface area (Å²) in [5, 5.41) is 24.0. The molecule has 138 valence electrons. The van der Waals surface area contributed by atoms with E-state index < -0.39 is 18.7 Å². The Morgan fingerprint density at radius 3 is 1.57 bits per heavy atom. The lowest BCUT2D eigenvalue weighted by molar-refractivity contribution is 0.424. The summed E-state index contributed by atoms with van der Waals surface area (Å²) in [7, 11) is -3.32. The largest absolute Gasteiger partial charge is 0.297 e. The number of nitrogens with zero attached hydrogens (tertiary/aromatic N) is 2. The number of nitrogens with one attached hydrogen (secondary N) is 1. The molecular formula is C23H20N3OP. The lowest BCUT2D eigenvalue weighted by atomic mass is 9.82. The number of rotatable bonds is 6. The predicted octanol–water partition coefficient (Wildman–Crippen LogP) is 4.30. The summed E-state index contributed by atoms with van der Waals surface area (Å²) < 4.78 is 14.3. The van der Waals surface area contributed by atoms with Crippen molar-refractivity contribution >= 4 is 17.9 Å². The number of hydrogen-bond acceptors (Lipinski definition) is 3. The van der Waals surface area contributed by atoms with Gasteiger partial charge in [0.25, 0.3) is 0 Å². The van der Waals surface area contributed by atoms with E-state index in [2.05, 4.69) is 17.2 Å². The molecule has 0 fully saturated rings. The van der Waals surface area contributed by atoms with E-state index in [0.29, 0.717) is 10.6 Å². The monoisotopic (exact) mass is 385 g/mol. The van der Waals surface area contributed by atoms with Crippen LogP contribution in [-0.2, 0) is 4.57 Å². The van der Waals surface area contributed by atoms with Crippen LogP contribution in [0.25, 0.3) is 0 Å². The van der Waals surface area contributed by atoms with E-state index >= 15 is 0 Å². The van der Waals surface area contributed by atoms with Gasteiger partial charge in [0.05, 0.1) is 18.2 Å². The first-order valence-corrected chi connectivity index (χ1v) is 10.6. The van der Waals surface area contributed by atoms with Crippen molar-refractivity contribution in [3.8, 4) is 12.1 Å². The van der Waals surface area contributed by atoms with Crippen molar-refractivity contribution in [1.82, 2.24) is 5.09 Å². The van der Waals surface area contributed by atoms with Gasteiger partial charge in [-0.1, -0.05) is 66.7 Å². The van der Waals surface area contributed by atoms with E-state index in [1.54, 1.807) is 31.2 Å². The van der Waals surface area contributed by atoms with Crippen molar-refractivity contribution in [3.63, 3.8) is 0 Å². The Bertz CT molecular complexity index is 996. The van der Waals surface area contributed by atoms with Crippen molar-refractivity contribution in [1.29, 1.82) is 10.5 Å². The third-order valence-electron chi connectivity index (χ3n) is 4.73. The molecule has 0 aromatic heterocycles. The molecule has 1 atom stereocenters. The molecule has 0 saturated heterocycles. The zero-order chi connectivity index (χ0) is 20.0. The first-order chi connectivity index (χ1) is 13.5. The van der Waals surface area contributed by atoms with Gasteiger partial charge < -0.3 is 0 Å². The minimum Gasteiger partial charge on any atom is -0.297 e. The van der Waals surface area contributed by atoms with Crippen molar-refractivity contribution in [2.45, 2.75) is 13.0 Å². The van der Waals surface area contributed by atoms with Crippen LogP contribution >= 0.6 is 7.29 Å². The van der Waals surface area contributed by atoms with Crippen molar-refractivity contribution in [2.75, 3.05) is 0 Å². The van der Waals surface area contributed by atoms with Crippen LogP contribution in [0.3, 0.4) is 0 Å². The molecule has 1 unspecified atom stereocenters. The van der Waals surface area contributed by atoms with Gasteiger partial charge in [0.2, 0.25) is 7.29 Å². The molecule has 0 radical (unpaired) electrons. The molecule has 0 amide bonds. The fourth-order valence-corrected chi connectivity index (χ4v) is 5.64. The standard InChI is InChI=1S/C23H20N3OP/c1-23(17-24,18-25)22(19-11-5-2-6-12-19)26-28(27,20-13-7-3-8-14-20)21-15-9-4-10-16-21/h2-16,22H,1H3,(H,26,27). The van der Waals surface area contributed by atoms with E-state index in [1.807, 2.05) is 66.7 Å². The average Bonchev–Trinajstić information content (AvgIpc) is 2.78. The molecule has 0 aliphatic heterocycles. The Balaban J connectivity index is 2.19. The van der Waals surface area contributed by atoms with Gasteiger partial charge in [-0.2, -0.15) is 10.5 Å². The second-order valence-electron chi connectivity index (χ2n) is 6.68. The molecule has 3 aromatic rings. The summed E-state index contributed by atoms with van der Waals surface area (Å²) in [4.78, 5) is 0. The molecule has 1 N–H and O–H groups in total. The topological polar surface area (TPSA) is 76.7 Å². The van der Waals surface area contributed by atoms with Crippen LogP contribution < -0.4 is 15.7 Å². The number of nitriles is 2. The Kier molecular flexibility index (Phi) is 5.76. The summed E-state index contributed by atoms with van der Waals surface area (Å²) in [6.45, 7) is 1.57. The maximum absolute atomic E-state index is 14.3. The first kappa shape index (κ1) is 19.6. The fourth-order valence-electron chi connectivity index (χ4n) is 3.09. The molecule has 0 bridgehead atoms. The van der Waals surface area contributed by atoms with E-state index in [9.17, 15) is 15.1 Å². The molecule has 0 heterocycles. The Morgan fingerprint density at radius 2 is 1.18 bits per heavy atom. The van der Waals surface area contributed by atoms with Crippen molar-refractivity contribution < 1.29 is 4.57 Å². The third kappa shape index (κ3) is 3.75. The highest BCUT2D eigenvalue weighted by Crippen LogP contribution is 2.46. The molecule has 3 rings (SSSR count). The number of hydrogen-bond donors (Lipinski definition) is 1. The van der Waals surface area contributed by atoms with Crippen LogP contribution in [0.1, 0.15) is 18.5 Å². The second kappa shape index (κ2) is 8.24. The third-order valence-corrected chi connectivity index (χ3v) is 7.40. The Labute approximate surface area is 165 Å². The van der Waals surface area contributed by atoms with Crippen molar-refractivity contribution in [3.05, 3.63) is 96.6 Å². The van der Waals surface area contributed by atoms with Gasteiger partial charge in [-0.25, -0.2) is 5.09 Å². The van der Waals surface area contributed by atoms with Gasteiger partial charge in [-0.05, 0) is 36.8 Å². The molecule has 0 spiro atoms. The van der Waals surface area contributed by atoms with Gasteiger partial charge in [-0.15, -0.1) is 0 Å². The lowest BCUT2D eigenvalue weighted by Gasteiger charge is -2.32. The maximum Gasteiger partial charge on any atom is 0.205 e. The fraction of sp³-hybridized carbons (Fsp3) is 0.130. The summed E-state index contributed by atoms with van der Waals surface area (Å²) >= 11 is 0. The zero-order valence-corrected chi connectivity index (χ0v) is 16.4. The smallest absolute Gasteiger partial charge is 0.205 e. The Hall–Kier alpha value is -3.17. The highest BCUT2D eigenvalue weighted by Gasteiger charge is 2.41. The summed E-state index contributed by atoms with van der Waals surface area (Å²) in [6.07, 6.45) is 0. The highest BCUT2D eigenvalue weighted by atomic mass is 31.2.